The summed E-state index contributed by atoms with van der Waals surface area (Å²) in [7, 11) is 1.27. The zero-order valence-corrected chi connectivity index (χ0v) is 19.4. The molecule has 174 valence electrons. The van der Waals surface area contributed by atoms with Crippen LogP contribution in [0.3, 0.4) is 0 Å². The Hall–Kier alpha value is -3.40. The Bertz CT molecular complexity index is 1160. The summed E-state index contributed by atoms with van der Waals surface area (Å²) in [6.45, 7) is 1.77. The predicted molar refractivity (Wildman–Crippen MR) is 126 cm³/mol. The molecule has 0 unspecified atom stereocenters. The van der Waals surface area contributed by atoms with Gasteiger partial charge in [-0.2, -0.15) is 11.8 Å². The van der Waals surface area contributed by atoms with Crippen LogP contribution >= 0.6 is 11.8 Å². The number of rotatable bonds is 9. The van der Waals surface area contributed by atoms with Gasteiger partial charge >= 0.3 is 5.97 Å². The zero-order chi connectivity index (χ0) is 24.0. The monoisotopic (exact) mass is 472 g/mol. The highest BCUT2D eigenvalue weighted by Gasteiger charge is 2.23. The first kappa shape index (κ1) is 24.2. The number of imidazole rings is 1. The van der Waals surface area contributed by atoms with Crippen molar-refractivity contribution >= 4 is 46.3 Å². The number of amides is 2. The van der Waals surface area contributed by atoms with Gasteiger partial charge in [0.25, 0.3) is 5.91 Å². The summed E-state index contributed by atoms with van der Waals surface area (Å²) in [5.41, 5.74) is 2.62. The van der Waals surface area contributed by atoms with Crippen molar-refractivity contribution in [2.45, 2.75) is 25.9 Å². The van der Waals surface area contributed by atoms with E-state index in [0.717, 1.165) is 5.56 Å². The average molecular weight is 473 g/mol. The van der Waals surface area contributed by atoms with E-state index in [4.69, 9.17) is 4.74 Å². The van der Waals surface area contributed by atoms with E-state index in [2.05, 4.69) is 15.6 Å². The van der Waals surface area contributed by atoms with E-state index < -0.39 is 17.9 Å². The van der Waals surface area contributed by atoms with E-state index in [-0.39, 0.29) is 17.3 Å². The Morgan fingerprint density at radius 3 is 2.58 bits per heavy atom. The summed E-state index contributed by atoms with van der Waals surface area (Å²) in [6, 6.07) is 8.45. The van der Waals surface area contributed by atoms with Gasteiger partial charge in [0.15, 0.2) is 0 Å². The van der Waals surface area contributed by atoms with E-state index >= 15 is 0 Å². The van der Waals surface area contributed by atoms with Crippen molar-refractivity contribution in [3.8, 4) is 0 Å². The molecule has 0 aliphatic heterocycles. The summed E-state index contributed by atoms with van der Waals surface area (Å²) >= 11 is 1.56. The van der Waals surface area contributed by atoms with Crippen molar-refractivity contribution in [3.63, 3.8) is 0 Å². The lowest BCUT2D eigenvalue weighted by Gasteiger charge is -2.17. The standard InChI is InChI=1S/C23H25FN4O4S/c1-14(29)26-20-11-16(22(30)27-18(8-9-33-3)23(31)32-2)10-19-21(20)28(13-25-19)12-15-4-6-17(24)7-5-15/h4-7,10-11,13,18H,8-9,12H2,1-3H3,(H,26,29)(H,27,30)/t18-/m0/s1. The van der Waals surface area contributed by atoms with Gasteiger partial charge in [0.05, 0.1) is 30.2 Å². The van der Waals surface area contributed by atoms with E-state index in [1.807, 2.05) is 10.8 Å². The molecule has 1 atom stereocenters. The summed E-state index contributed by atoms with van der Waals surface area (Å²) in [5, 5.41) is 5.46. The molecule has 3 aromatic rings. The number of carbonyl (C=O) groups is 3. The first-order valence-corrected chi connectivity index (χ1v) is 11.6. The van der Waals surface area contributed by atoms with Gasteiger partial charge in [-0.25, -0.2) is 14.2 Å². The molecular weight excluding hydrogens is 447 g/mol. The lowest BCUT2D eigenvalue weighted by atomic mass is 10.1. The van der Waals surface area contributed by atoms with Crippen LogP contribution in [0.15, 0.2) is 42.7 Å². The van der Waals surface area contributed by atoms with Crippen LogP contribution in [-0.4, -0.2) is 52.5 Å². The number of nitrogens with zero attached hydrogens (tertiary/aromatic N) is 2. The van der Waals surface area contributed by atoms with Crippen molar-refractivity contribution in [1.82, 2.24) is 14.9 Å². The number of halogens is 1. The molecule has 33 heavy (non-hydrogen) atoms. The lowest BCUT2D eigenvalue weighted by Crippen LogP contribution is -2.42. The molecule has 0 spiro atoms. The SMILES string of the molecule is COC(=O)[C@H](CCSC)NC(=O)c1cc(NC(C)=O)c2c(c1)ncn2Cc1ccc(F)cc1. The minimum absolute atomic E-state index is 0.247. The normalized spacial score (nSPS) is 11.8. The molecule has 0 fully saturated rings. The smallest absolute Gasteiger partial charge is 0.328 e. The lowest BCUT2D eigenvalue weighted by molar-refractivity contribution is -0.142. The molecule has 1 heterocycles. The fourth-order valence-corrected chi connectivity index (χ4v) is 3.87. The van der Waals surface area contributed by atoms with Gasteiger partial charge in [0.2, 0.25) is 5.91 Å². The second kappa shape index (κ2) is 11.0. The van der Waals surface area contributed by atoms with Gasteiger partial charge in [-0.05, 0) is 48.3 Å². The van der Waals surface area contributed by atoms with Gasteiger partial charge in [0, 0.05) is 19.0 Å². The van der Waals surface area contributed by atoms with Crippen molar-refractivity contribution in [3.05, 3.63) is 59.7 Å². The maximum absolute atomic E-state index is 13.2. The van der Waals surface area contributed by atoms with Crippen molar-refractivity contribution < 1.29 is 23.5 Å². The highest BCUT2D eigenvalue weighted by atomic mass is 32.2. The molecule has 2 amide bonds. The number of ether oxygens (including phenoxy) is 1. The van der Waals surface area contributed by atoms with E-state index in [1.54, 1.807) is 42.4 Å². The summed E-state index contributed by atoms with van der Waals surface area (Å²) in [4.78, 5) is 41.2. The van der Waals surface area contributed by atoms with Crippen LogP contribution in [0.1, 0.15) is 29.3 Å². The van der Waals surface area contributed by atoms with Crippen LogP contribution in [0, 0.1) is 5.82 Å². The molecule has 10 heteroatoms. The van der Waals surface area contributed by atoms with E-state index in [9.17, 15) is 18.8 Å². The van der Waals surface area contributed by atoms with Gasteiger partial charge < -0.3 is 19.9 Å². The number of methoxy groups -OCH3 is 1. The molecule has 0 saturated carbocycles. The van der Waals surface area contributed by atoms with Gasteiger partial charge in [-0.3, -0.25) is 9.59 Å². The minimum Gasteiger partial charge on any atom is -0.467 e. The number of benzene rings is 2. The predicted octanol–water partition coefficient (Wildman–Crippen LogP) is 3.21. The van der Waals surface area contributed by atoms with Gasteiger partial charge in [-0.15, -0.1) is 0 Å². The number of carbonyl (C=O) groups excluding carboxylic acids is 3. The molecule has 0 saturated heterocycles. The third-order valence-corrected chi connectivity index (χ3v) is 5.60. The maximum Gasteiger partial charge on any atom is 0.328 e. The third kappa shape index (κ3) is 6.10. The summed E-state index contributed by atoms with van der Waals surface area (Å²) in [5.74, 6) is -0.969. The number of hydrogen-bond acceptors (Lipinski definition) is 6. The molecule has 0 aliphatic rings. The number of anilines is 1. The molecule has 1 aromatic heterocycles. The number of aromatic nitrogens is 2. The molecule has 2 aromatic carbocycles. The first-order chi connectivity index (χ1) is 15.8. The molecule has 2 N–H and O–H groups in total. The molecule has 0 bridgehead atoms. The molecule has 3 rings (SSSR count). The fraction of sp³-hybridized carbons (Fsp3) is 0.304. The number of hydrogen-bond donors (Lipinski definition) is 2. The Balaban J connectivity index is 1.95. The summed E-state index contributed by atoms with van der Waals surface area (Å²) < 4.78 is 19.9. The van der Waals surface area contributed by atoms with Gasteiger partial charge in [-0.1, -0.05) is 12.1 Å². The van der Waals surface area contributed by atoms with Crippen molar-refractivity contribution in [2.75, 3.05) is 24.4 Å². The highest BCUT2D eigenvalue weighted by molar-refractivity contribution is 7.98. The average Bonchev–Trinajstić information content (AvgIpc) is 3.20. The van der Waals surface area contributed by atoms with Crippen molar-refractivity contribution in [2.24, 2.45) is 0 Å². The van der Waals surface area contributed by atoms with E-state index in [1.165, 1.54) is 26.2 Å². The molecule has 0 aliphatic carbocycles. The van der Waals surface area contributed by atoms with Crippen molar-refractivity contribution in [1.29, 1.82) is 0 Å². The number of thioether (sulfide) groups is 1. The topological polar surface area (TPSA) is 102 Å². The highest BCUT2D eigenvalue weighted by Crippen LogP contribution is 2.26. The Kier molecular flexibility index (Phi) is 8.05. The zero-order valence-electron chi connectivity index (χ0n) is 18.6. The molecule has 8 nitrogen and oxygen atoms in total. The number of fused-ring (bicyclic) bond motifs is 1. The van der Waals surface area contributed by atoms with E-state index in [0.29, 0.717) is 35.4 Å². The number of esters is 1. The quantitative estimate of drug-likeness (QED) is 0.464. The van der Waals surface area contributed by atoms with Crippen LogP contribution in [0.4, 0.5) is 10.1 Å². The second-order valence-electron chi connectivity index (χ2n) is 7.40. The van der Waals surface area contributed by atoms with Crippen LogP contribution in [0.25, 0.3) is 11.0 Å². The Morgan fingerprint density at radius 2 is 1.94 bits per heavy atom. The minimum atomic E-state index is -0.786. The van der Waals surface area contributed by atoms with Crippen LogP contribution < -0.4 is 10.6 Å². The fourth-order valence-electron chi connectivity index (χ4n) is 3.40. The molecule has 0 radical (unpaired) electrons. The Labute approximate surface area is 194 Å². The molecular formula is C23H25FN4O4S. The number of nitrogens with one attached hydrogen (secondary N) is 2. The largest absolute Gasteiger partial charge is 0.467 e. The third-order valence-electron chi connectivity index (χ3n) is 4.95. The summed E-state index contributed by atoms with van der Waals surface area (Å²) in [6.07, 6.45) is 3.93. The first-order valence-electron chi connectivity index (χ1n) is 10.2. The van der Waals surface area contributed by atoms with Gasteiger partial charge in [0.1, 0.15) is 11.9 Å². The maximum atomic E-state index is 13.2. The van der Waals surface area contributed by atoms with Crippen LogP contribution in [-0.2, 0) is 20.9 Å². The second-order valence-corrected chi connectivity index (χ2v) is 8.39. The van der Waals surface area contributed by atoms with Crippen LogP contribution in [0.2, 0.25) is 0 Å². The Morgan fingerprint density at radius 1 is 1.21 bits per heavy atom. The van der Waals surface area contributed by atoms with Crippen LogP contribution in [0.5, 0.6) is 0 Å².